The molecule has 0 spiro atoms. The summed E-state index contributed by atoms with van der Waals surface area (Å²) in [5.41, 5.74) is 0. The molecule has 0 bridgehead atoms. The molecule has 1 saturated carbocycles. The van der Waals surface area contributed by atoms with Crippen LogP contribution in [0.15, 0.2) is 0 Å². The van der Waals surface area contributed by atoms with E-state index in [1.807, 2.05) is 0 Å². The zero-order chi connectivity index (χ0) is 10.2. The minimum absolute atomic E-state index is 0.904. The molecule has 1 aliphatic carbocycles. The summed E-state index contributed by atoms with van der Waals surface area (Å²) in [4.78, 5) is 0. The van der Waals surface area contributed by atoms with Crippen LogP contribution in [0, 0.1) is 11.8 Å². The summed E-state index contributed by atoms with van der Waals surface area (Å²) in [5, 5.41) is 3.56. The van der Waals surface area contributed by atoms with E-state index in [0.717, 1.165) is 25.0 Å². The molecule has 14 heavy (non-hydrogen) atoms. The fourth-order valence-corrected chi connectivity index (χ4v) is 2.31. The lowest BCUT2D eigenvalue weighted by Gasteiger charge is -2.15. The highest BCUT2D eigenvalue weighted by Crippen LogP contribution is 2.30. The molecule has 2 atom stereocenters. The third kappa shape index (κ3) is 4.43. The maximum atomic E-state index is 5.01. The van der Waals surface area contributed by atoms with E-state index in [-0.39, 0.29) is 0 Å². The second kappa shape index (κ2) is 7.24. The molecule has 84 valence electrons. The average molecular weight is 199 g/mol. The largest absolute Gasteiger partial charge is 0.385 e. The molecule has 0 aromatic heterocycles. The molecule has 0 aromatic rings. The van der Waals surface area contributed by atoms with E-state index in [1.54, 1.807) is 7.11 Å². The van der Waals surface area contributed by atoms with E-state index in [4.69, 9.17) is 4.74 Å². The smallest absolute Gasteiger partial charge is 0.0462 e. The lowest BCUT2D eigenvalue weighted by atomic mass is 9.98. The predicted octanol–water partition coefficient (Wildman–Crippen LogP) is 2.44. The third-order valence-electron chi connectivity index (χ3n) is 3.40. The Labute approximate surface area is 88.4 Å². The molecule has 1 rings (SSSR count). The van der Waals surface area contributed by atoms with Crippen molar-refractivity contribution in [1.29, 1.82) is 0 Å². The highest BCUT2D eigenvalue weighted by Gasteiger charge is 2.22. The highest BCUT2D eigenvalue weighted by molar-refractivity contribution is 4.75. The van der Waals surface area contributed by atoms with Gasteiger partial charge < -0.3 is 10.1 Å². The van der Waals surface area contributed by atoms with Crippen molar-refractivity contribution in [3.63, 3.8) is 0 Å². The van der Waals surface area contributed by atoms with Crippen LogP contribution < -0.4 is 5.32 Å². The van der Waals surface area contributed by atoms with Gasteiger partial charge in [0.05, 0.1) is 0 Å². The van der Waals surface area contributed by atoms with Crippen LogP contribution in [-0.4, -0.2) is 26.8 Å². The predicted molar refractivity (Wildman–Crippen MR) is 60.5 cm³/mol. The van der Waals surface area contributed by atoms with Crippen LogP contribution in [0.3, 0.4) is 0 Å². The summed E-state index contributed by atoms with van der Waals surface area (Å²) >= 11 is 0. The van der Waals surface area contributed by atoms with E-state index < -0.39 is 0 Å². The molecule has 0 radical (unpaired) electrons. The Balaban J connectivity index is 1.88. The Bertz CT molecular complexity index is 138. The maximum absolute atomic E-state index is 5.01. The fourth-order valence-electron chi connectivity index (χ4n) is 2.31. The second-order valence-corrected chi connectivity index (χ2v) is 4.57. The lowest BCUT2D eigenvalue weighted by molar-refractivity contribution is 0.192. The van der Waals surface area contributed by atoms with Crippen molar-refractivity contribution in [2.45, 2.75) is 39.0 Å². The molecule has 0 saturated heterocycles. The van der Waals surface area contributed by atoms with Crippen molar-refractivity contribution in [1.82, 2.24) is 5.32 Å². The minimum atomic E-state index is 0.904. The normalized spacial score (nSPS) is 27.0. The van der Waals surface area contributed by atoms with E-state index in [0.29, 0.717) is 0 Å². The van der Waals surface area contributed by atoms with Crippen LogP contribution >= 0.6 is 0 Å². The Hall–Kier alpha value is -0.0800. The van der Waals surface area contributed by atoms with Gasteiger partial charge in [-0.3, -0.25) is 0 Å². The zero-order valence-corrected chi connectivity index (χ0v) is 9.72. The molecule has 0 amide bonds. The van der Waals surface area contributed by atoms with Gasteiger partial charge in [-0.1, -0.05) is 19.8 Å². The zero-order valence-electron chi connectivity index (χ0n) is 9.72. The van der Waals surface area contributed by atoms with Crippen LogP contribution in [0.25, 0.3) is 0 Å². The number of ether oxygens (including phenoxy) is 1. The Morgan fingerprint density at radius 2 is 2.14 bits per heavy atom. The van der Waals surface area contributed by atoms with Gasteiger partial charge in [0.2, 0.25) is 0 Å². The van der Waals surface area contributed by atoms with Crippen LogP contribution in [0.5, 0.6) is 0 Å². The van der Waals surface area contributed by atoms with Crippen molar-refractivity contribution in [3.8, 4) is 0 Å². The topological polar surface area (TPSA) is 21.3 Å². The SMILES string of the molecule is COCCCCNCC1CCCC1C. The molecule has 0 aromatic carbocycles. The summed E-state index contributed by atoms with van der Waals surface area (Å²) in [6.45, 7) is 5.69. The Morgan fingerprint density at radius 3 is 2.79 bits per heavy atom. The number of hydrogen-bond donors (Lipinski definition) is 1. The van der Waals surface area contributed by atoms with Crippen LogP contribution in [0.4, 0.5) is 0 Å². The molecule has 2 nitrogen and oxygen atoms in total. The molecule has 2 heteroatoms. The first-order chi connectivity index (χ1) is 6.84. The van der Waals surface area contributed by atoms with Gasteiger partial charge in [-0.25, -0.2) is 0 Å². The van der Waals surface area contributed by atoms with Crippen LogP contribution in [0.1, 0.15) is 39.0 Å². The molecule has 0 heterocycles. The maximum Gasteiger partial charge on any atom is 0.0462 e. The summed E-state index contributed by atoms with van der Waals surface area (Å²) in [5.74, 6) is 1.89. The van der Waals surface area contributed by atoms with Gasteiger partial charge in [0.15, 0.2) is 0 Å². The molecular weight excluding hydrogens is 174 g/mol. The standard InChI is InChI=1S/C12H25NO/c1-11-6-5-7-12(11)10-13-8-3-4-9-14-2/h11-13H,3-10H2,1-2H3. The fraction of sp³-hybridized carbons (Fsp3) is 1.00. The van der Waals surface area contributed by atoms with Gasteiger partial charge in [0, 0.05) is 13.7 Å². The lowest BCUT2D eigenvalue weighted by Crippen LogP contribution is -2.25. The molecule has 2 unspecified atom stereocenters. The average Bonchev–Trinajstić information content (AvgIpc) is 2.58. The number of unbranched alkanes of at least 4 members (excludes halogenated alkanes) is 1. The molecular formula is C12H25NO. The van der Waals surface area contributed by atoms with Crippen molar-refractivity contribution in [3.05, 3.63) is 0 Å². The van der Waals surface area contributed by atoms with Gasteiger partial charge in [-0.15, -0.1) is 0 Å². The van der Waals surface area contributed by atoms with Crippen molar-refractivity contribution in [2.24, 2.45) is 11.8 Å². The molecule has 1 fully saturated rings. The van der Waals surface area contributed by atoms with E-state index in [2.05, 4.69) is 12.2 Å². The van der Waals surface area contributed by atoms with Crippen LogP contribution in [-0.2, 0) is 4.74 Å². The van der Waals surface area contributed by atoms with Gasteiger partial charge in [0.1, 0.15) is 0 Å². The van der Waals surface area contributed by atoms with Gasteiger partial charge >= 0.3 is 0 Å². The summed E-state index contributed by atoms with van der Waals surface area (Å²) in [7, 11) is 1.77. The van der Waals surface area contributed by atoms with Gasteiger partial charge in [0.25, 0.3) is 0 Å². The van der Waals surface area contributed by atoms with Crippen molar-refractivity contribution in [2.75, 3.05) is 26.8 Å². The van der Waals surface area contributed by atoms with Gasteiger partial charge in [-0.2, -0.15) is 0 Å². The molecule has 1 aliphatic rings. The van der Waals surface area contributed by atoms with E-state index in [9.17, 15) is 0 Å². The van der Waals surface area contributed by atoms with Crippen molar-refractivity contribution < 1.29 is 4.74 Å². The molecule has 1 N–H and O–H groups in total. The quantitative estimate of drug-likeness (QED) is 0.636. The first kappa shape index (κ1) is 12.0. The van der Waals surface area contributed by atoms with E-state index >= 15 is 0 Å². The minimum Gasteiger partial charge on any atom is -0.385 e. The summed E-state index contributed by atoms with van der Waals surface area (Å²) in [6.07, 6.45) is 6.75. The monoisotopic (exact) mass is 199 g/mol. The van der Waals surface area contributed by atoms with E-state index in [1.165, 1.54) is 38.6 Å². The van der Waals surface area contributed by atoms with Gasteiger partial charge in [-0.05, 0) is 44.2 Å². The Kier molecular flexibility index (Phi) is 6.20. The van der Waals surface area contributed by atoms with Crippen molar-refractivity contribution >= 4 is 0 Å². The van der Waals surface area contributed by atoms with Crippen LogP contribution in [0.2, 0.25) is 0 Å². The molecule has 0 aliphatic heterocycles. The number of hydrogen-bond acceptors (Lipinski definition) is 2. The number of nitrogens with one attached hydrogen (secondary N) is 1. The highest BCUT2D eigenvalue weighted by atomic mass is 16.5. The summed E-state index contributed by atoms with van der Waals surface area (Å²) in [6, 6.07) is 0. The third-order valence-corrected chi connectivity index (χ3v) is 3.40. The number of rotatable bonds is 7. The first-order valence-electron chi connectivity index (χ1n) is 6.04. The second-order valence-electron chi connectivity index (χ2n) is 4.57. The number of methoxy groups -OCH3 is 1. The summed E-state index contributed by atoms with van der Waals surface area (Å²) < 4.78 is 5.01. The first-order valence-corrected chi connectivity index (χ1v) is 6.04. The Morgan fingerprint density at radius 1 is 1.29 bits per heavy atom.